The summed E-state index contributed by atoms with van der Waals surface area (Å²) in [5.41, 5.74) is 3.33. The second-order valence-corrected chi connectivity index (χ2v) is 9.69. The van der Waals surface area contributed by atoms with Crippen LogP contribution in [0.15, 0.2) is 65.7 Å². The topological polar surface area (TPSA) is 65.2 Å². The fourth-order valence-electron chi connectivity index (χ4n) is 3.89. The Bertz CT molecular complexity index is 1170. The summed E-state index contributed by atoms with van der Waals surface area (Å²) in [6, 6.07) is 18.0. The normalized spacial score (nSPS) is 15.0. The summed E-state index contributed by atoms with van der Waals surface area (Å²) in [5.74, 6) is 0.0510. The molecule has 1 fully saturated rings. The molecule has 1 aliphatic heterocycles. The number of hydrogen-bond acceptors (Lipinski definition) is 4. The van der Waals surface area contributed by atoms with Crippen LogP contribution in [-0.4, -0.2) is 39.1 Å². The first-order valence-electron chi connectivity index (χ1n) is 11.2. The van der Waals surface area contributed by atoms with Gasteiger partial charge in [-0.3, -0.25) is 14.5 Å². The van der Waals surface area contributed by atoms with Crippen LogP contribution in [0.25, 0.3) is 17.0 Å². The Kier molecular flexibility index (Phi) is 7.96. The molecule has 0 spiro atoms. The number of thioether (sulfide) groups is 1. The average Bonchev–Trinajstić information content (AvgIpc) is 3.35. The van der Waals surface area contributed by atoms with E-state index < -0.39 is 0 Å². The smallest absolute Gasteiger partial charge is 0.266 e. The van der Waals surface area contributed by atoms with Gasteiger partial charge in [-0.15, -0.1) is 0 Å². The largest absolute Gasteiger partial charge is 0.361 e. The molecule has 7 heteroatoms. The van der Waals surface area contributed by atoms with Gasteiger partial charge in [-0.2, -0.15) is 0 Å². The number of thiocarbonyl (C=S) groups is 1. The molecule has 2 heterocycles. The number of aromatic amines is 1. The molecular formula is C26H27N3O2S2. The van der Waals surface area contributed by atoms with E-state index in [1.807, 2.05) is 54.7 Å². The third kappa shape index (κ3) is 6.12. The molecular weight excluding hydrogens is 450 g/mol. The monoisotopic (exact) mass is 477 g/mol. The van der Waals surface area contributed by atoms with E-state index >= 15 is 0 Å². The molecule has 33 heavy (non-hydrogen) atoms. The molecule has 1 saturated heterocycles. The number of carbonyl (C=O) groups excluding carboxylic acids is 2. The van der Waals surface area contributed by atoms with Gasteiger partial charge in [0.15, 0.2) is 0 Å². The highest BCUT2D eigenvalue weighted by molar-refractivity contribution is 8.26. The SMILES string of the molecule is O=C(CCCCCN1C(=O)/C(=C/c2ccccc2)SC1=S)NCCc1c[nH]c2ccccc12. The quantitative estimate of drug-likeness (QED) is 0.237. The van der Waals surface area contributed by atoms with Crippen molar-refractivity contribution < 1.29 is 9.59 Å². The molecule has 1 aromatic heterocycles. The lowest BCUT2D eigenvalue weighted by molar-refractivity contribution is -0.122. The number of benzene rings is 2. The molecule has 0 unspecified atom stereocenters. The summed E-state index contributed by atoms with van der Waals surface area (Å²) in [7, 11) is 0. The minimum atomic E-state index is -0.0242. The van der Waals surface area contributed by atoms with Gasteiger partial charge in [-0.25, -0.2) is 0 Å². The van der Waals surface area contributed by atoms with Crippen LogP contribution in [0, 0.1) is 0 Å². The molecule has 0 atom stereocenters. The minimum absolute atomic E-state index is 0.0242. The van der Waals surface area contributed by atoms with Crippen molar-refractivity contribution in [3.8, 4) is 0 Å². The molecule has 0 saturated carbocycles. The Balaban J connectivity index is 1.13. The maximum atomic E-state index is 12.7. The van der Waals surface area contributed by atoms with Crippen molar-refractivity contribution in [2.45, 2.75) is 32.1 Å². The van der Waals surface area contributed by atoms with Crippen LogP contribution >= 0.6 is 24.0 Å². The van der Waals surface area contributed by atoms with Crippen LogP contribution < -0.4 is 5.32 Å². The first-order valence-corrected chi connectivity index (χ1v) is 12.5. The zero-order chi connectivity index (χ0) is 23.0. The molecule has 4 rings (SSSR count). The number of rotatable bonds is 10. The van der Waals surface area contributed by atoms with E-state index in [2.05, 4.69) is 22.4 Å². The van der Waals surface area contributed by atoms with Gasteiger partial charge in [-0.05, 0) is 42.5 Å². The third-order valence-corrected chi connectivity index (χ3v) is 7.03. The van der Waals surface area contributed by atoms with Gasteiger partial charge in [0.2, 0.25) is 5.91 Å². The molecule has 1 aliphatic rings. The average molecular weight is 478 g/mol. The number of hydrogen-bond donors (Lipinski definition) is 2. The van der Waals surface area contributed by atoms with Gasteiger partial charge >= 0.3 is 0 Å². The standard InChI is InChI=1S/C26H27N3O2S2/c30-24(27-15-14-20-18-28-22-12-7-6-11-21(20)22)13-5-2-8-16-29-25(31)23(33-26(29)32)17-19-9-3-1-4-10-19/h1,3-4,6-7,9-12,17-18,28H,2,5,8,13-16H2,(H,27,30)/b23-17-. The van der Waals surface area contributed by atoms with Crippen LogP contribution in [0.1, 0.15) is 36.8 Å². The lowest BCUT2D eigenvalue weighted by Gasteiger charge is -2.14. The highest BCUT2D eigenvalue weighted by Crippen LogP contribution is 2.32. The second-order valence-electron chi connectivity index (χ2n) is 8.01. The lowest BCUT2D eigenvalue weighted by atomic mass is 10.1. The summed E-state index contributed by atoms with van der Waals surface area (Å²) in [5, 5.41) is 4.22. The summed E-state index contributed by atoms with van der Waals surface area (Å²) >= 11 is 6.76. The zero-order valence-corrected chi connectivity index (χ0v) is 20.0. The van der Waals surface area contributed by atoms with E-state index in [1.165, 1.54) is 22.7 Å². The van der Waals surface area contributed by atoms with Gasteiger partial charge in [0.1, 0.15) is 4.32 Å². The number of nitrogens with zero attached hydrogens (tertiary/aromatic N) is 1. The number of amides is 2. The molecule has 170 valence electrons. The van der Waals surface area contributed by atoms with Gasteiger partial charge in [0.25, 0.3) is 5.91 Å². The molecule has 2 aromatic carbocycles. The Labute approximate surface area is 203 Å². The molecule has 3 aromatic rings. The number of para-hydroxylation sites is 1. The fourth-order valence-corrected chi connectivity index (χ4v) is 5.20. The minimum Gasteiger partial charge on any atom is -0.361 e. The number of nitrogens with one attached hydrogen (secondary N) is 2. The lowest BCUT2D eigenvalue weighted by Crippen LogP contribution is -2.29. The third-order valence-electron chi connectivity index (χ3n) is 5.65. The van der Waals surface area contributed by atoms with E-state index in [0.717, 1.165) is 36.8 Å². The highest BCUT2D eigenvalue weighted by atomic mass is 32.2. The fraction of sp³-hybridized carbons (Fsp3) is 0.269. The van der Waals surface area contributed by atoms with E-state index in [4.69, 9.17) is 12.2 Å². The van der Waals surface area contributed by atoms with Crippen molar-refractivity contribution in [3.63, 3.8) is 0 Å². The molecule has 2 amide bonds. The van der Waals surface area contributed by atoms with Crippen molar-refractivity contribution in [3.05, 3.63) is 76.8 Å². The summed E-state index contributed by atoms with van der Waals surface area (Å²) in [6.07, 6.45) is 7.71. The first-order chi connectivity index (χ1) is 16.1. The predicted octanol–water partition coefficient (Wildman–Crippen LogP) is 5.29. The Morgan fingerprint density at radius 1 is 1.06 bits per heavy atom. The van der Waals surface area contributed by atoms with Gasteiger partial charge < -0.3 is 10.3 Å². The molecule has 0 aliphatic carbocycles. The van der Waals surface area contributed by atoms with E-state index in [-0.39, 0.29) is 11.8 Å². The molecule has 5 nitrogen and oxygen atoms in total. The van der Waals surface area contributed by atoms with Crippen LogP contribution in [0.4, 0.5) is 0 Å². The van der Waals surface area contributed by atoms with E-state index in [1.54, 1.807) is 4.90 Å². The highest BCUT2D eigenvalue weighted by Gasteiger charge is 2.31. The maximum absolute atomic E-state index is 12.7. The van der Waals surface area contributed by atoms with Crippen LogP contribution in [-0.2, 0) is 16.0 Å². The Morgan fingerprint density at radius 3 is 2.70 bits per heavy atom. The zero-order valence-electron chi connectivity index (χ0n) is 18.4. The number of aromatic nitrogens is 1. The second kappa shape index (κ2) is 11.3. The van der Waals surface area contributed by atoms with Crippen LogP contribution in [0.2, 0.25) is 0 Å². The molecule has 0 bridgehead atoms. The number of fused-ring (bicyclic) bond motifs is 1. The van der Waals surface area contributed by atoms with Crippen LogP contribution in [0.5, 0.6) is 0 Å². The predicted molar refractivity (Wildman–Crippen MR) is 140 cm³/mol. The first kappa shape index (κ1) is 23.3. The van der Waals surface area contributed by atoms with Crippen molar-refractivity contribution >= 4 is 57.1 Å². The Hall–Kier alpha value is -2.90. The summed E-state index contributed by atoms with van der Waals surface area (Å²) in [4.78, 5) is 30.4. The van der Waals surface area contributed by atoms with Gasteiger partial charge in [0.05, 0.1) is 4.91 Å². The summed E-state index contributed by atoms with van der Waals surface area (Å²) in [6.45, 7) is 1.23. The number of unbranched alkanes of at least 4 members (excludes halogenated alkanes) is 2. The summed E-state index contributed by atoms with van der Waals surface area (Å²) < 4.78 is 0.609. The molecule has 2 N–H and O–H groups in total. The van der Waals surface area contributed by atoms with Gasteiger partial charge in [0, 0.05) is 36.6 Å². The van der Waals surface area contributed by atoms with E-state index in [9.17, 15) is 9.59 Å². The maximum Gasteiger partial charge on any atom is 0.266 e. The van der Waals surface area contributed by atoms with E-state index in [0.29, 0.717) is 28.7 Å². The van der Waals surface area contributed by atoms with Crippen LogP contribution in [0.3, 0.4) is 0 Å². The van der Waals surface area contributed by atoms with Crippen molar-refractivity contribution in [2.24, 2.45) is 0 Å². The Morgan fingerprint density at radius 2 is 1.85 bits per heavy atom. The molecule has 0 radical (unpaired) electrons. The number of H-pyrrole nitrogens is 1. The van der Waals surface area contributed by atoms with Crippen molar-refractivity contribution in [1.82, 2.24) is 15.2 Å². The van der Waals surface area contributed by atoms with Crippen molar-refractivity contribution in [1.29, 1.82) is 0 Å². The number of carbonyl (C=O) groups is 2. The van der Waals surface area contributed by atoms with Crippen molar-refractivity contribution in [2.75, 3.05) is 13.1 Å². The van der Waals surface area contributed by atoms with Gasteiger partial charge in [-0.1, -0.05) is 78.9 Å².